The van der Waals surface area contributed by atoms with Gasteiger partial charge in [-0.3, -0.25) is 4.79 Å². The average molecular weight is 288 g/mol. The fraction of sp³-hybridized carbons (Fsp3) is 0.750. The number of carbonyl (C=O) groups excluding carboxylic acids is 2. The zero-order valence-electron chi connectivity index (χ0n) is 11.6. The molecule has 0 aliphatic heterocycles. The second-order valence-electron chi connectivity index (χ2n) is 4.41. The van der Waals surface area contributed by atoms with E-state index in [-0.39, 0.29) is 25.7 Å². The number of esters is 1. The van der Waals surface area contributed by atoms with Gasteiger partial charge in [-0.15, -0.1) is 0 Å². The lowest BCUT2D eigenvalue weighted by Crippen LogP contribution is -2.47. The van der Waals surface area contributed by atoms with Gasteiger partial charge >= 0.3 is 18.0 Å². The van der Waals surface area contributed by atoms with Crippen LogP contribution in [0.4, 0.5) is 4.79 Å². The second-order valence-corrected chi connectivity index (χ2v) is 4.41. The van der Waals surface area contributed by atoms with Gasteiger partial charge in [0.2, 0.25) is 0 Å². The number of hydrogen-bond donors (Lipinski definition) is 2. The molecule has 1 fully saturated rings. The summed E-state index contributed by atoms with van der Waals surface area (Å²) in [6, 6.07) is -0.464. The number of carboxylic acid groups (broad SMARTS) is 1. The van der Waals surface area contributed by atoms with Crippen LogP contribution in [0.2, 0.25) is 0 Å². The number of urea groups is 1. The Morgan fingerprint density at radius 3 is 2.50 bits per heavy atom. The van der Waals surface area contributed by atoms with Gasteiger partial charge in [-0.2, -0.15) is 0 Å². The van der Waals surface area contributed by atoms with E-state index in [1.165, 1.54) is 12.0 Å². The standard InChI is InChI=1S/C12H20N2O6/c1-3-20-10(15)7-14(8-4-5-8)12(18)13-6-9(19-2)11(16)17/h8-9H,3-7H2,1-2H3,(H,13,18)(H,16,17). The van der Waals surface area contributed by atoms with E-state index in [1.807, 2.05) is 0 Å². The highest BCUT2D eigenvalue weighted by molar-refractivity contribution is 5.82. The van der Waals surface area contributed by atoms with Crippen LogP contribution in [0.3, 0.4) is 0 Å². The van der Waals surface area contributed by atoms with Gasteiger partial charge in [0, 0.05) is 13.2 Å². The first-order valence-corrected chi connectivity index (χ1v) is 6.45. The summed E-state index contributed by atoms with van der Waals surface area (Å²) in [6.45, 7) is 1.66. The maximum atomic E-state index is 12.0. The zero-order valence-corrected chi connectivity index (χ0v) is 11.6. The summed E-state index contributed by atoms with van der Waals surface area (Å²) in [5.74, 6) is -1.63. The molecule has 2 amide bonds. The third kappa shape index (κ3) is 5.04. The topological polar surface area (TPSA) is 105 Å². The molecule has 114 valence electrons. The van der Waals surface area contributed by atoms with Crippen LogP contribution in [0.5, 0.6) is 0 Å². The normalized spacial score (nSPS) is 15.3. The van der Waals surface area contributed by atoms with E-state index in [9.17, 15) is 14.4 Å². The largest absolute Gasteiger partial charge is 0.479 e. The third-order valence-corrected chi connectivity index (χ3v) is 2.85. The van der Waals surface area contributed by atoms with Crippen molar-refractivity contribution in [3.8, 4) is 0 Å². The Kier molecular flexibility index (Phi) is 6.23. The summed E-state index contributed by atoms with van der Waals surface area (Å²) >= 11 is 0. The van der Waals surface area contributed by atoms with E-state index >= 15 is 0 Å². The van der Waals surface area contributed by atoms with Crippen LogP contribution in [-0.2, 0) is 19.1 Å². The Hall–Kier alpha value is -1.83. The van der Waals surface area contributed by atoms with Crippen LogP contribution in [0.25, 0.3) is 0 Å². The lowest BCUT2D eigenvalue weighted by molar-refractivity contribution is -0.148. The van der Waals surface area contributed by atoms with Crippen molar-refractivity contribution in [2.24, 2.45) is 0 Å². The van der Waals surface area contributed by atoms with Gasteiger partial charge in [-0.05, 0) is 19.8 Å². The van der Waals surface area contributed by atoms with E-state index in [4.69, 9.17) is 14.6 Å². The molecule has 1 rings (SSSR count). The van der Waals surface area contributed by atoms with Crippen molar-refractivity contribution >= 4 is 18.0 Å². The Morgan fingerprint density at radius 1 is 1.40 bits per heavy atom. The fourth-order valence-corrected chi connectivity index (χ4v) is 1.65. The number of hydrogen-bond acceptors (Lipinski definition) is 5. The molecular formula is C12H20N2O6. The lowest BCUT2D eigenvalue weighted by Gasteiger charge is -2.22. The van der Waals surface area contributed by atoms with Gasteiger partial charge in [0.05, 0.1) is 13.2 Å². The Morgan fingerprint density at radius 2 is 2.05 bits per heavy atom. The van der Waals surface area contributed by atoms with Crippen LogP contribution >= 0.6 is 0 Å². The molecule has 1 unspecified atom stereocenters. The molecule has 0 saturated heterocycles. The first-order chi connectivity index (χ1) is 9.49. The Labute approximate surface area is 117 Å². The van der Waals surface area contributed by atoms with E-state index in [0.29, 0.717) is 0 Å². The summed E-state index contributed by atoms with van der Waals surface area (Å²) in [7, 11) is 1.25. The number of nitrogens with zero attached hydrogens (tertiary/aromatic N) is 1. The molecule has 0 heterocycles. The molecule has 0 aromatic carbocycles. The number of rotatable bonds is 8. The van der Waals surface area contributed by atoms with Crippen molar-refractivity contribution < 1.29 is 29.0 Å². The summed E-state index contributed by atoms with van der Waals surface area (Å²) in [5, 5.41) is 11.3. The number of amides is 2. The van der Waals surface area contributed by atoms with Gasteiger partial charge < -0.3 is 24.8 Å². The van der Waals surface area contributed by atoms with Crippen molar-refractivity contribution in [1.29, 1.82) is 0 Å². The monoisotopic (exact) mass is 288 g/mol. The molecule has 0 bridgehead atoms. The lowest BCUT2D eigenvalue weighted by atomic mass is 10.3. The van der Waals surface area contributed by atoms with E-state index in [0.717, 1.165) is 12.8 Å². The van der Waals surface area contributed by atoms with Crippen molar-refractivity contribution in [2.75, 3.05) is 26.8 Å². The van der Waals surface area contributed by atoms with Crippen LogP contribution in [-0.4, -0.2) is 66.9 Å². The predicted octanol–water partition coefficient (Wildman–Crippen LogP) is -0.177. The number of aliphatic carboxylic acids is 1. The number of carboxylic acids is 1. The Balaban J connectivity index is 2.48. The molecule has 1 atom stereocenters. The third-order valence-electron chi connectivity index (χ3n) is 2.85. The molecule has 20 heavy (non-hydrogen) atoms. The summed E-state index contributed by atoms with van der Waals surface area (Å²) < 4.78 is 9.52. The minimum Gasteiger partial charge on any atom is -0.479 e. The molecule has 1 aliphatic rings. The summed E-state index contributed by atoms with van der Waals surface area (Å²) in [4.78, 5) is 35.5. The number of nitrogens with one attached hydrogen (secondary N) is 1. The molecule has 2 N–H and O–H groups in total. The molecule has 0 aromatic rings. The van der Waals surface area contributed by atoms with Crippen LogP contribution in [0, 0.1) is 0 Å². The molecule has 1 saturated carbocycles. The van der Waals surface area contributed by atoms with Crippen LogP contribution in [0.15, 0.2) is 0 Å². The second kappa shape index (κ2) is 7.68. The molecule has 8 nitrogen and oxygen atoms in total. The molecule has 8 heteroatoms. The highest BCUT2D eigenvalue weighted by Crippen LogP contribution is 2.26. The van der Waals surface area contributed by atoms with Crippen molar-refractivity contribution in [3.05, 3.63) is 0 Å². The van der Waals surface area contributed by atoms with Gasteiger partial charge in [0.15, 0.2) is 6.10 Å². The van der Waals surface area contributed by atoms with E-state index in [2.05, 4.69) is 5.32 Å². The van der Waals surface area contributed by atoms with Gasteiger partial charge in [0.25, 0.3) is 0 Å². The Bertz CT molecular complexity index is 369. The predicted molar refractivity (Wildman–Crippen MR) is 68.2 cm³/mol. The molecule has 0 spiro atoms. The maximum absolute atomic E-state index is 12.0. The molecule has 0 radical (unpaired) electrons. The van der Waals surface area contributed by atoms with Gasteiger partial charge in [0.1, 0.15) is 6.54 Å². The molecular weight excluding hydrogens is 268 g/mol. The highest BCUT2D eigenvalue weighted by atomic mass is 16.5. The van der Waals surface area contributed by atoms with Gasteiger partial charge in [-0.25, -0.2) is 9.59 Å². The quantitative estimate of drug-likeness (QED) is 0.600. The molecule has 0 aromatic heterocycles. The number of ether oxygens (including phenoxy) is 2. The van der Waals surface area contributed by atoms with Crippen LogP contribution < -0.4 is 5.32 Å². The maximum Gasteiger partial charge on any atom is 0.334 e. The van der Waals surface area contributed by atoms with E-state index in [1.54, 1.807) is 6.92 Å². The van der Waals surface area contributed by atoms with Crippen molar-refractivity contribution in [3.63, 3.8) is 0 Å². The fourth-order valence-electron chi connectivity index (χ4n) is 1.65. The minimum atomic E-state index is -1.16. The van der Waals surface area contributed by atoms with Crippen molar-refractivity contribution in [1.82, 2.24) is 10.2 Å². The smallest absolute Gasteiger partial charge is 0.334 e. The first kappa shape index (κ1) is 16.2. The van der Waals surface area contributed by atoms with Crippen molar-refractivity contribution in [2.45, 2.75) is 31.9 Å². The number of methoxy groups -OCH3 is 1. The van der Waals surface area contributed by atoms with Gasteiger partial charge in [-0.1, -0.05) is 0 Å². The SMILES string of the molecule is CCOC(=O)CN(C(=O)NCC(OC)C(=O)O)C1CC1. The average Bonchev–Trinajstić information content (AvgIpc) is 3.20. The summed E-state index contributed by atoms with van der Waals surface area (Å²) in [5.41, 5.74) is 0. The van der Waals surface area contributed by atoms with Crippen LogP contribution in [0.1, 0.15) is 19.8 Å². The molecule has 1 aliphatic carbocycles. The van der Waals surface area contributed by atoms with E-state index < -0.39 is 24.1 Å². The zero-order chi connectivity index (χ0) is 15.1. The number of carbonyl (C=O) groups is 3. The summed E-state index contributed by atoms with van der Waals surface area (Å²) in [6.07, 6.45) is 0.557. The minimum absolute atomic E-state index is 0.0187. The highest BCUT2D eigenvalue weighted by Gasteiger charge is 2.34. The first-order valence-electron chi connectivity index (χ1n) is 6.45.